The van der Waals surface area contributed by atoms with Crippen molar-refractivity contribution >= 4 is 39.0 Å². The molecule has 1 N–H and O–H groups in total. The maximum absolute atomic E-state index is 13.5. The summed E-state index contributed by atoms with van der Waals surface area (Å²) in [7, 11) is -3.89. The molecule has 1 aliphatic heterocycles. The summed E-state index contributed by atoms with van der Waals surface area (Å²) in [6.45, 7) is 1.96. The Labute approximate surface area is 200 Å². The number of aromatic nitrogens is 3. The lowest BCUT2D eigenvalue weighted by Crippen LogP contribution is -2.34. The largest absolute Gasteiger partial charge is 0.290 e. The zero-order valence-electron chi connectivity index (χ0n) is 17.4. The molecule has 33 heavy (non-hydrogen) atoms. The Morgan fingerprint density at radius 2 is 1.82 bits per heavy atom. The number of sulfonamides is 1. The van der Waals surface area contributed by atoms with E-state index in [0.717, 1.165) is 5.56 Å². The van der Waals surface area contributed by atoms with Crippen molar-refractivity contribution in [1.29, 1.82) is 0 Å². The number of anilines is 1. The number of H-pyrrole nitrogens is 1. The van der Waals surface area contributed by atoms with Gasteiger partial charge < -0.3 is 0 Å². The number of fused-ring (bicyclic) bond motifs is 3. The quantitative estimate of drug-likeness (QED) is 0.445. The van der Waals surface area contributed by atoms with Gasteiger partial charge in [0.25, 0.3) is 15.6 Å². The Morgan fingerprint density at radius 1 is 1.06 bits per heavy atom. The van der Waals surface area contributed by atoms with Crippen molar-refractivity contribution in [2.45, 2.75) is 18.2 Å². The van der Waals surface area contributed by atoms with E-state index in [1.54, 1.807) is 54.6 Å². The average Bonchev–Trinajstić information content (AvgIpc) is 3.00. The predicted octanol–water partition coefficient (Wildman–Crippen LogP) is 4.59. The number of pyridine rings is 1. The number of aryl methyl sites for hydroxylation is 1. The second-order valence-corrected chi connectivity index (χ2v) is 10.4. The molecule has 0 atom stereocenters. The van der Waals surface area contributed by atoms with Crippen LogP contribution in [0.4, 0.5) is 5.82 Å². The van der Waals surface area contributed by atoms with Crippen LogP contribution in [-0.2, 0) is 16.4 Å². The molecule has 0 unspecified atom stereocenters. The molecule has 0 saturated carbocycles. The first kappa shape index (κ1) is 21.8. The second kappa shape index (κ2) is 8.06. The number of rotatable bonds is 3. The lowest BCUT2D eigenvalue weighted by atomic mass is 10.1. The van der Waals surface area contributed by atoms with Gasteiger partial charge in [-0.25, -0.2) is 22.4 Å². The Balaban J connectivity index is 1.67. The Bertz CT molecular complexity index is 1540. The average molecular weight is 501 g/mol. The molecule has 0 saturated heterocycles. The van der Waals surface area contributed by atoms with Gasteiger partial charge >= 0.3 is 0 Å². The van der Waals surface area contributed by atoms with Crippen LogP contribution in [-0.4, -0.2) is 29.7 Å². The fraction of sp³-hybridized carbons (Fsp3) is 0.130. The molecule has 5 rings (SSSR count). The molecule has 0 spiro atoms. The molecular weight excluding hydrogens is 483 g/mol. The zero-order chi connectivity index (χ0) is 23.3. The molecule has 0 amide bonds. The van der Waals surface area contributed by atoms with Gasteiger partial charge in [-0.05, 0) is 55.8 Å². The van der Waals surface area contributed by atoms with E-state index in [9.17, 15) is 13.2 Å². The van der Waals surface area contributed by atoms with Crippen molar-refractivity contribution in [3.8, 4) is 16.9 Å². The molecule has 3 heterocycles. The summed E-state index contributed by atoms with van der Waals surface area (Å²) in [5.74, 6) is 0.257. The normalized spacial score (nSPS) is 13.4. The summed E-state index contributed by atoms with van der Waals surface area (Å²) in [5.41, 5.74) is 2.58. The van der Waals surface area contributed by atoms with Gasteiger partial charge in [0.2, 0.25) is 0 Å². The van der Waals surface area contributed by atoms with Crippen LogP contribution in [0.2, 0.25) is 10.0 Å². The van der Waals surface area contributed by atoms with Crippen LogP contribution in [0.3, 0.4) is 0 Å². The maximum atomic E-state index is 13.5. The first-order chi connectivity index (χ1) is 15.8. The Kier molecular flexibility index (Phi) is 5.31. The van der Waals surface area contributed by atoms with Crippen LogP contribution in [0.1, 0.15) is 11.1 Å². The predicted molar refractivity (Wildman–Crippen MR) is 129 cm³/mol. The lowest BCUT2D eigenvalue weighted by molar-refractivity contribution is 0.590. The van der Waals surface area contributed by atoms with Gasteiger partial charge in [0.15, 0.2) is 5.82 Å². The van der Waals surface area contributed by atoms with Gasteiger partial charge in [0.05, 0.1) is 21.3 Å². The van der Waals surface area contributed by atoms with Gasteiger partial charge in [-0.2, -0.15) is 0 Å². The number of nitrogens with zero attached hydrogens (tertiary/aromatic N) is 3. The third-order valence-corrected chi connectivity index (χ3v) is 7.94. The highest BCUT2D eigenvalue weighted by atomic mass is 35.5. The van der Waals surface area contributed by atoms with Crippen molar-refractivity contribution in [1.82, 2.24) is 14.8 Å². The van der Waals surface area contributed by atoms with Gasteiger partial charge in [-0.1, -0.05) is 40.9 Å². The van der Waals surface area contributed by atoms with Gasteiger partial charge in [0.1, 0.15) is 0 Å². The Hall–Kier alpha value is -3.07. The van der Waals surface area contributed by atoms with Crippen molar-refractivity contribution < 1.29 is 8.42 Å². The van der Waals surface area contributed by atoms with Crippen molar-refractivity contribution in [3.05, 3.63) is 92.3 Å². The third-order valence-electron chi connectivity index (χ3n) is 5.60. The highest BCUT2D eigenvalue weighted by molar-refractivity contribution is 7.92. The molecular formula is C23H18Cl2N4O3S. The minimum Gasteiger partial charge on any atom is -0.290 e. The van der Waals surface area contributed by atoms with E-state index in [0.29, 0.717) is 32.6 Å². The van der Waals surface area contributed by atoms with E-state index in [-0.39, 0.29) is 29.2 Å². The van der Waals surface area contributed by atoms with Crippen LogP contribution in [0.5, 0.6) is 0 Å². The van der Waals surface area contributed by atoms with E-state index < -0.39 is 10.0 Å². The first-order valence-electron chi connectivity index (χ1n) is 10.1. The zero-order valence-corrected chi connectivity index (χ0v) is 19.7. The highest BCUT2D eigenvalue weighted by Crippen LogP contribution is 2.36. The summed E-state index contributed by atoms with van der Waals surface area (Å²) in [4.78, 5) is 17.9. The molecule has 10 heteroatoms. The van der Waals surface area contributed by atoms with Crippen LogP contribution in [0, 0.1) is 6.92 Å². The number of hydrogen-bond acceptors (Lipinski definition) is 4. The van der Waals surface area contributed by atoms with Crippen LogP contribution in [0.15, 0.2) is 70.5 Å². The van der Waals surface area contributed by atoms with Crippen LogP contribution < -0.4 is 9.86 Å². The highest BCUT2D eigenvalue weighted by Gasteiger charge is 2.33. The molecule has 0 fully saturated rings. The molecule has 0 aliphatic carbocycles. The van der Waals surface area contributed by atoms with Crippen molar-refractivity contribution in [2.75, 3.05) is 10.8 Å². The fourth-order valence-corrected chi connectivity index (χ4v) is 5.87. The van der Waals surface area contributed by atoms with E-state index >= 15 is 0 Å². The smallest absolute Gasteiger partial charge is 0.275 e. The molecule has 7 nitrogen and oxygen atoms in total. The third kappa shape index (κ3) is 3.64. The van der Waals surface area contributed by atoms with Gasteiger partial charge in [-0.3, -0.25) is 9.89 Å². The van der Waals surface area contributed by atoms with Crippen LogP contribution in [0.25, 0.3) is 16.9 Å². The summed E-state index contributed by atoms with van der Waals surface area (Å²) >= 11 is 12.3. The number of hydrogen-bond donors (Lipinski definition) is 1. The first-order valence-corrected chi connectivity index (χ1v) is 12.3. The van der Waals surface area contributed by atoms with Crippen LogP contribution >= 0.6 is 23.2 Å². The molecule has 0 radical (unpaired) electrons. The minimum absolute atomic E-state index is 0.0642. The van der Waals surface area contributed by atoms with Crippen molar-refractivity contribution in [2.24, 2.45) is 0 Å². The van der Waals surface area contributed by atoms with E-state index in [2.05, 4.69) is 10.1 Å². The summed E-state index contributed by atoms with van der Waals surface area (Å²) in [6, 6.07) is 15.0. The molecule has 2 aromatic heterocycles. The summed E-state index contributed by atoms with van der Waals surface area (Å²) in [5, 5.41) is 3.88. The van der Waals surface area contributed by atoms with E-state index in [1.165, 1.54) is 15.2 Å². The monoisotopic (exact) mass is 500 g/mol. The van der Waals surface area contributed by atoms with Gasteiger partial charge in [0, 0.05) is 28.9 Å². The lowest BCUT2D eigenvalue weighted by Gasteiger charge is -2.23. The number of benzene rings is 2. The topological polar surface area (TPSA) is 88.1 Å². The summed E-state index contributed by atoms with van der Waals surface area (Å²) < 4.78 is 29.6. The summed E-state index contributed by atoms with van der Waals surface area (Å²) in [6.07, 6.45) is 1.73. The second-order valence-electron chi connectivity index (χ2n) is 7.72. The number of halogens is 2. The molecule has 168 valence electrons. The van der Waals surface area contributed by atoms with Gasteiger partial charge in [-0.15, -0.1) is 0 Å². The van der Waals surface area contributed by atoms with E-state index in [1.807, 2.05) is 6.92 Å². The number of aromatic amines is 1. The number of nitrogens with one attached hydrogen (secondary N) is 1. The standard InChI is InChI=1S/C23H18Cl2N4O3S/c1-14-4-7-16(8-5-14)33(31,32)28-12-10-18-21(17-3-2-11-26-22(17)28)27-29(23(18)30)20-9-6-15(24)13-19(20)25/h2-9,11,13,27H,10,12H2,1H3. The maximum Gasteiger partial charge on any atom is 0.275 e. The fourth-order valence-electron chi connectivity index (χ4n) is 3.94. The molecule has 0 bridgehead atoms. The molecule has 4 aromatic rings. The molecule has 1 aliphatic rings. The van der Waals surface area contributed by atoms with E-state index in [4.69, 9.17) is 23.2 Å². The van der Waals surface area contributed by atoms with Crippen molar-refractivity contribution in [3.63, 3.8) is 0 Å². The SMILES string of the molecule is Cc1ccc(S(=O)(=O)N2CCc3c([nH]n(-c4ccc(Cl)cc4Cl)c3=O)-c3cccnc32)cc1. The Morgan fingerprint density at radius 3 is 2.55 bits per heavy atom. The minimum atomic E-state index is -3.89. The molecule has 2 aromatic carbocycles.